The normalized spacial score (nSPS) is 24.6. The van der Waals surface area contributed by atoms with Gasteiger partial charge in [-0.05, 0) is 25.3 Å². The van der Waals surface area contributed by atoms with Gasteiger partial charge < -0.3 is 9.84 Å². The van der Waals surface area contributed by atoms with Crippen LogP contribution in [-0.4, -0.2) is 24.3 Å². The van der Waals surface area contributed by atoms with Gasteiger partial charge in [0.05, 0.1) is 12.0 Å². The Morgan fingerprint density at radius 3 is 2.94 bits per heavy atom. The zero-order valence-corrected chi connectivity index (χ0v) is 9.40. The van der Waals surface area contributed by atoms with E-state index in [4.69, 9.17) is 4.74 Å². The van der Waals surface area contributed by atoms with Crippen molar-refractivity contribution in [2.24, 2.45) is 5.41 Å². The third kappa shape index (κ3) is 2.09. The van der Waals surface area contributed by atoms with E-state index in [2.05, 4.69) is 0 Å². The first kappa shape index (κ1) is 11.1. The highest BCUT2D eigenvalue weighted by atomic mass is 16.5. The van der Waals surface area contributed by atoms with E-state index in [1.54, 1.807) is 0 Å². The lowest BCUT2D eigenvalue weighted by molar-refractivity contribution is -0.148. The summed E-state index contributed by atoms with van der Waals surface area (Å²) in [4.78, 5) is 11.3. The number of hydrogen-bond donors (Lipinski definition) is 1. The van der Waals surface area contributed by atoms with Gasteiger partial charge in [0.2, 0.25) is 0 Å². The summed E-state index contributed by atoms with van der Waals surface area (Å²) in [7, 11) is 0. The molecular weight excluding hydrogens is 204 g/mol. The number of carboxylic acids is 1. The molecule has 1 aromatic carbocycles. The molecule has 1 aliphatic heterocycles. The van der Waals surface area contributed by atoms with Crippen LogP contribution in [0.5, 0.6) is 0 Å². The van der Waals surface area contributed by atoms with Crippen LogP contribution in [0.2, 0.25) is 0 Å². The predicted octanol–water partition coefficient (Wildman–Crippen LogP) is 2.03. The van der Waals surface area contributed by atoms with Crippen molar-refractivity contribution in [1.29, 1.82) is 0 Å². The minimum absolute atomic E-state index is 0.330. The number of benzene rings is 1. The summed E-state index contributed by atoms with van der Waals surface area (Å²) in [5.74, 6) is -0.744. The maximum absolute atomic E-state index is 11.3. The molecular formula is C13H16O3. The van der Waals surface area contributed by atoms with Gasteiger partial charge in [-0.2, -0.15) is 0 Å². The van der Waals surface area contributed by atoms with Crippen LogP contribution in [-0.2, 0) is 16.0 Å². The molecule has 0 aliphatic carbocycles. The number of carboxylic acid groups (broad SMARTS) is 1. The second kappa shape index (κ2) is 4.26. The van der Waals surface area contributed by atoms with Crippen LogP contribution < -0.4 is 0 Å². The minimum Gasteiger partial charge on any atom is -0.481 e. The van der Waals surface area contributed by atoms with Gasteiger partial charge in [0, 0.05) is 6.61 Å². The number of hydrogen-bond acceptors (Lipinski definition) is 2. The minimum atomic E-state index is -0.744. The van der Waals surface area contributed by atoms with Crippen molar-refractivity contribution in [3.8, 4) is 0 Å². The van der Waals surface area contributed by atoms with Gasteiger partial charge in [0.25, 0.3) is 0 Å². The van der Waals surface area contributed by atoms with E-state index < -0.39 is 11.4 Å². The lowest BCUT2D eigenvalue weighted by Crippen LogP contribution is -2.33. The average Bonchev–Trinajstić information content (AvgIpc) is 2.67. The Balaban J connectivity index is 2.21. The Hall–Kier alpha value is -1.35. The van der Waals surface area contributed by atoms with E-state index in [1.165, 1.54) is 0 Å². The molecule has 0 saturated carbocycles. The number of aryl methyl sites for hydroxylation is 1. The van der Waals surface area contributed by atoms with Crippen molar-refractivity contribution in [1.82, 2.24) is 0 Å². The molecule has 16 heavy (non-hydrogen) atoms. The van der Waals surface area contributed by atoms with Crippen LogP contribution in [0, 0.1) is 12.3 Å². The highest BCUT2D eigenvalue weighted by Gasteiger charge is 2.42. The van der Waals surface area contributed by atoms with Crippen molar-refractivity contribution in [2.75, 3.05) is 13.2 Å². The molecule has 1 atom stereocenters. The molecule has 0 radical (unpaired) electrons. The van der Waals surface area contributed by atoms with E-state index >= 15 is 0 Å². The summed E-state index contributed by atoms with van der Waals surface area (Å²) in [6.07, 6.45) is 1.17. The summed E-state index contributed by atoms with van der Waals surface area (Å²) in [6.45, 7) is 2.90. The fourth-order valence-electron chi connectivity index (χ4n) is 2.20. The molecule has 2 rings (SSSR count). The maximum Gasteiger partial charge on any atom is 0.312 e. The number of rotatable bonds is 3. The van der Waals surface area contributed by atoms with Gasteiger partial charge in [-0.3, -0.25) is 4.79 Å². The highest BCUT2D eigenvalue weighted by molar-refractivity contribution is 5.75. The van der Waals surface area contributed by atoms with Crippen molar-refractivity contribution in [3.63, 3.8) is 0 Å². The molecule has 1 N–H and O–H groups in total. The molecule has 1 heterocycles. The quantitative estimate of drug-likeness (QED) is 0.847. The van der Waals surface area contributed by atoms with Crippen LogP contribution in [0.3, 0.4) is 0 Å². The Labute approximate surface area is 95.0 Å². The molecule has 1 fully saturated rings. The molecule has 86 valence electrons. The molecule has 1 saturated heterocycles. The van der Waals surface area contributed by atoms with Crippen molar-refractivity contribution in [2.45, 2.75) is 19.8 Å². The Kier molecular flexibility index (Phi) is 2.97. The lowest BCUT2D eigenvalue weighted by Gasteiger charge is -2.22. The summed E-state index contributed by atoms with van der Waals surface area (Å²) >= 11 is 0. The lowest BCUT2D eigenvalue weighted by atomic mass is 9.81. The maximum atomic E-state index is 11.3. The highest BCUT2D eigenvalue weighted by Crippen LogP contribution is 2.33. The first-order valence-corrected chi connectivity index (χ1v) is 5.49. The van der Waals surface area contributed by atoms with Gasteiger partial charge in [-0.1, -0.05) is 29.8 Å². The largest absolute Gasteiger partial charge is 0.481 e. The van der Waals surface area contributed by atoms with Crippen LogP contribution in [0.15, 0.2) is 24.3 Å². The number of aliphatic carboxylic acids is 1. The molecule has 1 aliphatic rings. The summed E-state index contributed by atoms with van der Waals surface area (Å²) in [5, 5.41) is 9.31. The SMILES string of the molecule is Cc1cccc(CC2(C(=O)O)CCOC2)c1. The molecule has 0 aromatic heterocycles. The summed E-state index contributed by atoms with van der Waals surface area (Å²) in [6, 6.07) is 8.01. The summed E-state index contributed by atoms with van der Waals surface area (Å²) in [5.41, 5.74) is 1.53. The zero-order chi connectivity index (χ0) is 11.6. The molecule has 3 heteroatoms. The van der Waals surface area contributed by atoms with Crippen molar-refractivity contribution < 1.29 is 14.6 Å². The van der Waals surface area contributed by atoms with Gasteiger partial charge in [0.1, 0.15) is 0 Å². The van der Waals surface area contributed by atoms with E-state index in [0.717, 1.165) is 11.1 Å². The first-order valence-electron chi connectivity index (χ1n) is 5.49. The van der Waals surface area contributed by atoms with E-state index in [0.29, 0.717) is 26.1 Å². The summed E-state index contributed by atoms with van der Waals surface area (Å²) < 4.78 is 5.24. The monoisotopic (exact) mass is 220 g/mol. The third-order valence-corrected chi connectivity index (χ3v) is 3.18. The van der Waals surface area contributed by atoms with E-state index in [1.807, 2.05) is 31.2 Å². The smallest absolute Gasteiger partial charge is 0.312 e. The topological polar surface area (TPSA) is 46.5 Å². The van der Waals surface area contributed by atoms with Crippen molar-refractivity contribution >= 4 is 5.97 Å². The Bertz CT molecular complexity index is 392. The number of ether oxygens (including phenoxy) is 1. The Morgan fingerprint density at radius 1 is 1.56 bits per heavy atom. The second-order valence-corrected chi connectivity index (χ2v) is 4.55. The molecule has 3 nitrogen and oxygen atoms in total. The first-order chi connectivity index (χ1) is 7.62. The molecule has 0 amide bonds. The van der Waals surface area contributed by atoms with Crippen molar-refractivity contribution in [3.05, 3.63) is 35.4 Å². The molecule has 0 bridgehead atoms. The molecule has 1 unspecified atom stereocenters. The van der Waals surface area contributed by atoms with Crippen LogP contribution in [0.1, 0.15) is 17.5 Å². The van der Waals surface area contributed by atoms with Gasteiger partial charge in [-0.15, -0.1) is 0 Å². The van der Waals surface area contributed by atoms with Gasteiger partial charge >= 0.3 is 5.97 Å². The fourth-order valence-corrected chi connectivity index (χ4v) is 2.20. The van der Waals surface area contributed by atoms with Crippen LogP contribution >= 0.6 is 0 Å². The van der Waals surface area contributed by atoms with Gasteiger partial charge in [-0.25, -0.2) is 0 Å². The fraction of sp³-hybridized carbons (Fsp3) is 0.462. The van der Waals surface area contributed by atoms with Crippen LogP contribution in [0.4, 0.5) is 0 Å². The van der Waals surface area contributed by atoms with E-state index in [9.17, 15) is 9.90 Å². The predicted molar refractivity (Wildman–Crippen MR) is 60.4 cm³/mol. The molecule has 1 aromatic rings. The zero-order valence-electron chi connectivity index (χ0n) is 9.40. The third-order valence-electron chi connectivity index (χ3n) is 3.18. The Morgan fingerprint density at radius 2 is 2.38 bits per heavy atom. The molecule has 0 spiro atoms. The number of carbonyl (C=O) groups is 1. The van der Waals surface area contributed by atoms with E-state index in [-0.39, 0.29) is 0 Å². The van der Waals surface area contributed by atoms with Gasteiger partial charge in [0.15, 0.2) is 0 Å². The second-order valence-electron chi connectivity index (χ2n) is 4.55. The average molecular weight is 220 g/mol. The standard InChI is InChI=1S/C13H16O3/c1-10-3-2-4-11(7-10)8-13(12(14)15)5-6-16-9-13/h2-4,7H,5-6,8-9H2,1H3,(H,14,15). The van der Waals surface area contributed by atoms with Crippen LogP contribution in [0.25, 0.3) is 0 Å².